The first-order valence-electron chi connectivity index (χ1n) is 12.2. The fraction of sp³-hybridized carbons (Fsp3) is 0.560. The van der Waals surface area contributed by atoms with Gasteiger partial charge in [-0.15, -0.1) is 10.2 Å². The molecule has 0 saturated carbocycles. The van der Waals surface area contributed by atoms with Crippen LogP contribution in [-0.4, -0.2) is 97.5 Å². The maximum atomic E-state index is 12.9. The average molecular weight is 451 g/mol. The van der Waals surface area contributed by atoms with Gasteiger partial charge in [0.05, 0.1) is 6.10 Å². The predicted molar refractivity (Wildman–Crippen MR) is 129 cm³/mol. The van der Waals surface area contributed by atoms with Crippen LogP contribution in [-0.2, 0) is 4.74 Å². The van der Waals surface area contributed by atoms with Gasteiger partial charge in [-0.3, -0.25) is 9.69 Å². The summed E-state index contributed by atoms with van der Waals surface area (Å²) in [6.07, 6.45) is 2.81. The van der Waals surface area contributed by atoms with Gasteiger partial charge < -0.3 is 19.4 Å². The van der Waals surface area contributed by atoms with E-state index in [0.717, 1.165) is 75.2 Å². The Morgan fingerprint density at radius 1 is 0.909 bits per heavy atom. The van der Waals surface area contributed by atoms with Crippen LogP contribution in [0.4, 0.5) is 11.6 Å². The lowest BCUT2D eigenvalue weighted by molar-refractivity contribution is 0.0712. The van der Waals surface area contributed by atoms with Crippen LogP contribution in [0.1, 0.15) is 28.8 Å². The minimum Gasteiger partial charge on any atom is -0.377 e. The molecule has 0 spiro atoms. The quantitative estimate of drug-likeness (QED) is 0.691. The highest BCUT2D eigenvalue weighted by molar-refractivity contribution is 5.95. The standard InChI is InChI=1S/C25H34N6O2/c1-20-5-2-3-7-22(20)25(32)31-16-14-30(15-17-31)24-9-8-23(26-27-24)29-12-10-28(11-13-29)19-21-6-4-18-33-21/h2-3,5,7-9,21H,4,6,10-19H2,1H3. The second-order valence-corrected chi connectivity index (χ2v) is 9.27. The topological polar surface area (TPSA) is 65.0 Å². The van der Waals surface area contributed by atoms with Crippen molar-refractivity contribution < 1.29 is 9.53 Å². The van der Waals surface area contributed by atoms with E-state index in [1.165, 1.54) is 12.8 Å². The van der Waals surface area contributed by atoms with Gasteiger partial charge in [-0.2, -0.15) is 0 Å². The van der Waals surface area contributed by atoms with Crippen molar-refractivity contribution in [2.45, 2.75) is 25.9 Å². The summed E-state index contributed by atoms with van der Waals surface area (Å²) in [6, 6.07) is 12.0. The molecule has 1 unspecified atom stereocenters. The maximum absolute atomic E-state index is 12.9. The number of piperazine rings is 2. The second kappa shape index (κ2) is 10.1. The molecule has 0 N–H and O–H groups in total. The number of anilines is 2. The Morgan fingerprint density at radius 2 is 1.55 bits per heavy atom. The molecule has 2 aromatic rings. The molecule has 1 aromatic heterocycles. The summed E-state index contributed by atoms with van der Waals surface area (Å²) in [5.74, 6) is 1.95. The third-order valence-electron chi connectivity index (χ3n) is 7.08. The van der Waals surface area contributed by atoms with E-state index in [9.17, 15) is 4.79 Å². The van der Waals surface area contributed by atoms with Gasteiger partial charge in [0, 0.05) is 71.1 Å². The number of benzene rings is 1. The number of aromatic nitrogens is 2. The second-order valence-electron chi connectivity index (χ2n) is 9.27. The van der Waals surface area contributed by atoms with Gasteiger partial charge in [0.2, 0.25) is 0 Å². The minimum absolute atomic E-state index is 0.118. The number of hydrogen-bond acceptors (Lipinski definition) is 7. The number of amides is 1. The molecule has 8 nitrogen and oxygen atoms in total. The normalized spacial score (nSPS) is 22.1. The van der Waals surface area contributed by atoms with Crippen LogP contribution in [0.5, 0.6) is 0 Å². The van der Waals surface area contributed by atoms with Crippen LogP contribution < -0.4 is 9.80 Å². The van der Waals surface area contributed by atoms with Crippen molar-refractivity contribution in [3.63, 3.8) is 0 Å². The number of aryl methyl sites for hydroxylation is 1. The van der Waals surface area contributed by atoms with Gasteiger partial charge in [0.1, 0.15) is 0 Å². The molecule has 5 rings (SSSR count). The smallest absolute Gasteiger partial charge is 0.254 e. The molecular formula is C25H34N6O2. The molecule has 4 heterocycles. The molecule has 8 heteroatoms. The largest absolute Gasteiger partial charge is 0.377 e. The van der Waals surface area contributed by atoms with E-state index in [1.54, 1.807) is 0 Å². The van der Waals surface area contributed by atoms with Crippen molar-refractivity contribution in [1.82, 2.24) is 20.0 Å². The first kappa shape index (κ1) is 22.1. The first-order valence-corrected chi connectivity index (χ1v) is 12.2. The molecule has 1 atom stereocenters. The number of carbonyl (C=O) groups excluding carboxylic acids is 1. The summed E-state index contributed by atoms with van der Waals surface area (Å²) in [4.78, 5) is 21.9. The lowest BCUT2D eigenvalue weighted by Crippen LogP contribution is -2.49. The predicted octanol–water partition coefficient (Wildman–Crippen LogP) is 2.05. The molecule has 176 valence electrons. The van der Waals surface area contributed by atoms with Crippen LogP contribution in [0, 0.1) is 6.92 Å². The van der Waals surface area contributed by atoms with Crippen LogP contribution in [0.25, 0.3) is 0 Å². The monoisotopic (exact) mass is 450 g/mol. The van der Waals surface area contributed by atoms with E-state index in [1.807, 2.05) is 36.1 Å². The Balaban J connectivity index is 1.11. The molecular weight excluding hydrogens is 416 g/mol. The Bertz CT molecular complexity index is 930. The van der Waals surface area contributed by atoms with Crippen molar-refractivity contribution in [1.29, 1.82) is 0 Å². The Morgan fingerprint density at radius 3 is 2.12 bits per heavy atom. The average Bonchev–Trinajstić information content (AvgIpc) is 3.38. The van der Waals surface area contributed by atoms with Crippen LogP contribution >= 0.6 is 0 Å². The zero-order valence-corrected chi connectivity index (χ0v) is 19.5. The van der Waals surface area contributed by atoms with Gasteiger partial charge in [-0.05, 0) is 43.5 Å². The highest BCUT2D eigenvalue weighted by atomic mass is 16.5. The molecule has 0 bridgehead atoms. The van der Waals surface area contributed by atoms with E-state index in [-0.39, 0.29) is 5.91 Å². The van der Waals surface area contributed by atoms with Gasteiger partial charge in [-0.1, -0.05) is 18.2 Å². The molecule has 1 amide bonds. The molecule has 1 aromatic carbocycles. The fourth-order valence-corrected chi connectivity index (χ4v) is 5.01. The number of ether oxygens (including phenoxy) is 1. The summed E-state index contributed by atoms with van der Waals surface area (Å²) >= 11 is 0. The minimum atomic E-state index is 0.118. The molecule has 33 heavy (non-hydrogen) atoms. The third kappa shape index (κ3) is 5.12. The molecule has 3 aliphatic rings. The number of carbonyl (C=O) groups is 1. The van der Waals surface area contributed by atoms with E-state index in [2.05, 4.69) is 37.0 Å². The summed E-state index contributed by atoms with van der Waals surface area (Å²) < 4.78 is 5.78. The van der Waals surface area contributed by atoms with E-state index >= 15 is 0 Å². The fourth-order valence-electron chi connectivity index (χ4n) is 5.01. The van der Waals surface area contributed by atoms with Crippen LogP contribution in [0.2, 0.25) is 0 Å². The first-order chi connectivity index (χ1) is 16.2. The SMILES string of the molecule is Cc1ccccc1C(=O)N1CCN(c2ccc(N3CCN(CC4CCCO4)CC3)nn2)CC1. The molecule has 3 fully saturated rings. The van der Waals surface area contributed by atoms with Crippen LogP contribution in [0.3, 0.4) is 0 Å². The molecule has 3 saturated heterocycles. The van der Waals surface area contributed by atoms with E-state index in [0.29, 0.717) is 19.2 Å². The van der Waals surface area contributed by atoms with E-state index in [4.69, 9.17) is 4.74 Å². The van der Waals surface area contributed by atoms with Gasteiger partial charge in [0.15, 0.2) is 11.6 Å². The Kier molecular flexibility index (Phi) is 6.73. The van der Waals surface area contributed by atoms with Gasteiger partial charge >= 0.3 is 0 Å². The summed E-state index contributed by atoms with van der Waals surface area (Å²) in [7, 11) is 0. The highest BCUT2D eigenvalue weighted by Crippen LogP contribution is 2.20. The van der Waals surface area contributed by atoms with Crippen molar-refractivity contribution in [3.8, 4) is 0 Å². The number of rotatable bonds is 5. The zero-order chi connectivity index (χ0) is 22.6. The summed E-state index contributed by atoms with van der Waals surface area (Å²) in [5, 5.41) is 9.05. The molecule has 0 radical (unpaired) electrons. The lowest BCUT2D eigenvalue weighted by Gasteiger charge is -2.37. The van der Waals surface area contributed by atoms with E-state index < -0.39 is 0 Å². The summed E-state index contributed by atoms with van der Waals surface area (Å²) in [6.45, 7) is 10.9. The Labute approximate surface area is 196 Å². The van der Waals surface area contributed by atoms with Crippen molar-refractivity contribution in [2.24, 2.45) is 0 Å². The number of nitrogens with zero attached hydrogens (tertiary/aromatic N) is 6. The third-order valence-corrected chi connectivity index (χ3v) is 7.08. The summed E-state index contributed by atoms with van der Waals surface area (Å²) in [5.41, 5.74) is 1.82. The maximum Gasteiger partial charge on any atom is 0.254 e. The number of hydrogen-bond donors (Lipinski definition) is 0. The van der Waals surface area contributed by atoms with Crippen LogP contribution in [0.15, 0.2) is 36.4 Å². The molecule has 3 aliphatic heterocycles. The van der Waals surface area contributed by atoms with Gasteiger partial charge in [0.25, 0.3) is 5.91 Å². The van der Waals surface area contributed by atoms with Gasteiger partial charge in [-0.25, -0.2) is 0 Å². The highest BCUT2D eigenvalue weighted by Gasteiger charge is 2.25. The van der Waals surface area contributed by atoms with Crippen molar-refractivity contribution in [2.75, 3.05) is 75.3 Å². The zero-order valence-electron chi connectivity index (χ0n) is 19.5. The van der Waals surface area contributed by atoms with Crippen molar-refractivity contribution in [3.05, 3.63) is 47.5 Å². The lowest BCUT2D eigenvalue weighted by atomic mass is 10.1. The Hall–Kier alpha value is -2.71. The van der Waals surface area contributed by atoms with Crippen molar-refractivity contribution >= 4 is 17.5 Å². The molecule has 0 aliphatic carbocycles.